The van der Waals surface area contributed by atoms with E-state index < -0.39 is 0 Å². The number of ether oxygens (including phenoxy) is 2. The molecule has 1 aromatic carbocycles. The fraction of sp³-hybridized carbons (Fsp3) is 0.250. The van der Waals surface area contributed by atoms with Crippen molar-refractivity contribution < 1.29 is 9.47 Å². The molecule has 0 unspecified atom stereocenters. The lowest BCUT2D eigenvalue weighted by atomic mass is 10.2. The number of hydrogen-bond donors (Lipinski definition) is 1. The monoisotopic (exact) mass is 311 g/mol. The number of benzene rings is 1. The van der Waals surface area contributed by atoms with Gasteiger partial charge in [0.2, 0.25) is 6.79 Å². The van der Waals surface area contributed by atoms with Crippen molar-refractivity contribution in [3.05, 3.63) is 40.5 Å². The summed E-state index contributed by atoms with van der Waals surface area (Å²) in [6.45, 7) is 0.251. The Morgan fingerprint density at radius 3 is 3.05 bits per heavy atom. The zero-order chi connectivity index (χ0) is 14.9. The highest BCUT2D eigenvalue weighted by atomic mass is 32.1. The molecule has 1 N–H and O–H groups in total. The molecule has 0 spiro atoms. The largest absolute Gasteiger partial charge is 0.454 e. The summed E-state index contributed by atoms with van der Waals surface area (Å²) in [4.78, 5) is 4.56. The topological polar surface area (TPSA) is 67.2 Å². The van der Waals surface area contributed by atoms with Gasteiger partial charge in [-0.1, -0.05) is 0 Å². The summed E-state index contributed by atoms with van der Waals surface area (Å²) in [5, 5.41) is 15.3. The molecule has 6 heteroatoms. The van der Waals surface area contributed by atoms with E-state index in [2.05, 4.69) is 21.8 Å². The van der Waals surface area contributed by atoms with E-state index in [9.17, 15) is 5.26 Å². The highest BCUT2D eigenvalue weighted by molar-refractivity contribution is 7.10. The van der Waals surface area contributed by atoms with Gasteiger partial charge in [-0.2, -0.15) is 5.26 Å². The molecule has 0 amide bonds. The third-order valence-corrected chi connectivity index (χ3v) is 4.52. The van der Waals surface area contributed by atoms with Crippen molar-refractivity contribution in [2.45, 2.75) is 18.8 Å². The predicted octanol–water partition coefficient (Wildman–Crippen LogP) is 3.73. The summed E-state index contributed by atoms with van der Waals surface area (Å²) in [7, 11) is 0. The van der Waals surface area contributed by atoms with Gasteiger partial charge in [-0.05, 0) is 25.0 Å². The normalized spacial score (nSPS) is 16.4. The van der Waals surface area contributed by atoms with Gasteiger partial charge in [-0.25, -0.2) is 4.98 Å². The van der Waals surface area contributed by atoms with Crippen LogP contribution in [0.1, 0.15) is 29.5 Å². The highest BCUT2D eigenvalue weighted by Crippen LogP contribution is 2.41. The molecule has 0 radical (unpaired) electrons. The number of anilines is 1. The van der Waals surface area contributed by atoms with Crippen LogP contribution in [0.3, 0.4) is 0 Å². The van der Waals surface area contributed by atoms with Gasteiger partial charge >= 0.3 is 0 Å². The molecule has 2 aromatic rings. The van der Waals surface area contributed by atoms with Gasteiger partial charge < -0.3 is 14.8 Å². The average Bonchev–Trinajstić information content (AvgIpc) is 3.10. The summed E-state index contributed by atoms with van der Waals surface area (Å²) < 4.78 is 10.6. The van der Waals surface area contributed by atoms with Crippen LogP contribution in [-0.2, 0) is 0 Å². The first kappa shape index (κ1) is 13.2. The highest BCUT2D eigenvalue weighted by Gasteiger charge is 2.26. The quantitative estimate of drug-likeness (QED) is 0.872. The van der Waals surface area contributed by atoms with E-state index in [1.165, 1.54) is 24.2 Å². The van der Waals surface area contributed by atoms with Crippen molar-refractivity contribution in [1.82, 2.24) is 4.98 Å². The van der Waals surface area contributed by atoms with Crippen LogP contribution in [0.5, 0.6) is 11.5 Å². The first-order valence-corrected chi connectivity index (χ1v) is 7.94. The number of hydrogen-bond acceptors (Lipinski definition) is 6. The first-order chi connectivity index (χ1) is 10.8. The maximum Gasteiger partial charge on any atom is 0.231 e. The van der Waals surface area contributed by atoms with E-state index >= 15 is 0 Å². The van der Waals surface area contributed by atoms with Crippen LogP contribution in [0.2, 0.25) is 0 Å². The molecular formula is C16H13N3O2S. The molecule has 1 aliphatic heterocycles. The van der Waals surface area contributed by atoms with Gasteiger partial charge in [0.25, 0.3) is 0 Å². The summed E-state index contributed by atoms with van der Waals surface area (Å²) in [5.41, 5.74) is 2.50. The van der Waals surface area contributed by atoms with Crippen molar-refractivity contribution in [1.29, 1.82) is 5.26 Å². The second kappa shape index (κ2) is 5.35. The third kappa shape index (κ3) is 2.51. The summed E-state index contributed by atoms with van der Waals surface area (Å²) in [6.07, 6.45) is 4.11. The van der Waals surface area contributed by atoms with E-state index in [1.54, 1.807) is 6.20 Å². The Hall–Kier alpha value is -2.52. The molecule has 0 saturated heterocycles. The Labute approximate surface area is 131 Å². The smallest absolute Gasteiger partial charge is 0.231 e. The third-order valence-electron chi connectivity index (χ3n) is 3.62. The maximum absolute atomic E-state index is 9.34. The van der Waals surface area contributed by atoms with Crippen LogP contribution in [-0.4, -0.2) is 11.8 Å². The number of fused-ring (bicyclic) bond motifs is 1. The Morgan fingerprint density at radius 2 is 2.23 bits per heavy atom. The lowest BCUT2D eigenvalue weighted by Gasteiger charge is -2.03. The molecule has 5 nitrogen and oxygen atoms in total. The van der Waals surface area contributed by atoms with E-state index in [0.717, 1.165) is 22.1 Å². The van der Waals surface area contributed by atoms with Crippen LogP contribution >= 0.6 is 11.3 Å². The van der Waals surface area contributed by atoms with Crippen LogP contribution in [0.4, 0.5) is 5.69 Å². The van der Waals surface area contributed by atoms with Gasteiger partial charge in [0, 0.05) is 29.3 Å². The number of thiazole rings is 1. The summed E-state index contributed by atoms with van der Waals surface area (Å²) in [5.74, 6) is 2.05. The number of rotatable bonds is 4. The fourth-order valence-corrected chi connectivity index (χ4v) is 3.13. The van der Waals surface area contributed by atoms with Crippen LogP contribution < -0.4 is 14.8 Å². The van der Waals surface area contributed by atoms with E-state index in [4.69, 9.17) is 9.47 Å². The number of allylic oxidation sites excluding steroid dienone is 1. The van der Waals surface area contributed by atoms with Gasteiger partial charge in [-0.15, -0.1) is 11.3 Å². The number of aromatic nitrogens is 1. The second-order valence-corrected chi connectivity index (χ2v) is 6.09. The van der Waals surface area contributed by atoms with Gasteiger partial charge in [0.15, 0.2) is 11.5 Å². The molecule has 22 heavy (non-hydrogen) atoms. The molecule has 1 fully saturated rings. The molecule has 4 rings (SSSR count). The molecule has 1 saturated carbocycles. The Kier molecular flexibility index (Phi) is 3.20. The van der Waals surface area contributed by atoms with Gasteiger partial charge in [0.1, 0.15) is 16.6 Å². The molecule has 2 heterocycles. The van der Waals surface area contributed by atoms with Gasteiger partial charge in [-0.3, -0.25) is 0 Å². The van der Waals surface area contributed by atoms with Crippen molar-refractivity contribution in [2.75, 3.05) is 12.1 Å². The van der Waals surface area contributed by atoms with E-state index in [0.29, 0.717) is 17.2 Å². The molecule has 2 aliphatic rings. The predicted molar refractivity (Wildman–Crippen MR) is 83.9 cm³/mol. The lowest BCUT2D eigenvalue weighted by Crippen LogP contribution is -1.93. The zero-order valence-electron chi connectivity index (χ0n) is 11.7. The SMILES string of the molecule is N#C/C(=C\Nc1ccc2c(c1)OCO2)c1nc(C2CC2)cs1. The Balaban J connectivity index is 1.53. The summed E-state index contributed by atoms with van der Waals surface area (Å²) >= 11 is 1.52. The minimum Gasteiger partial charge on any atom is -0.454 e. The second-order valence-electron chi connectivity index (χ2n) is 5.23. The van der Waals surface area contributed by atoms with Crippen molar-refractivity contribution >= 4 is 22.6 Å². The standard InChI is InChI=1S/C16H13N3O2S/c17-6-11(16-19-13(8-22-16)10-1-2-10)7-18-12-3-4-14-15(5-12)21-9-20-14/h3-5,7-8,10,18H,1-2,9H2/b11-7+. The Bertz CT molecular complexity index is 787. The molecule has 1 aliphatic carbocycles. The van der Waals surface area contributed by atoms with Gasteiger partial charge in [0.05, 0.1) is 5.69 Å². The van der Waals surface area contributed by atoms with Crippen LogP contribution in [0, 0.1) is 11.3 Å². The maximum atomic E-state index is 9.34. The number of nitrogens with zero attached hydrogens (tertiary/aromatic N) is 2. The number of nitrogens with one attached hydrogen (secondary N) is 1. The molecule has 110 valence electrons. The minimum absolute atomic E-state index is 0.251. The molecule has 1 aromatic heterocycles. The van der Waals surface area contributed by atoms with E-state index in [-0.39, 0.29) is 6.79 Å². The zero-order valence-corrected chi connectivity index (χ0v) is 12.5. The first-order valence-electron chi connectivity index (χ1n) is 7.06. The van der Waals surface area contributed by atoms with Crippen molar-refractivity contribution in [2.24, 2.45) is 0 Å². The number of nitriles is 1. The average molecular weight is 311 g/mol. The fourth-order valence-electron chi connectivity index (χ4n) is 2.26. The van der Waals surface area contributed by atoms with E-state index in [1.807, 2.05) is 18.2 Å². The van der Waals surface area contributed by atoms with Crippen molar-refractivity contribution in [3.8, 4) is 17.6 Å². The summed E-state index contributed by atoms with van der Waals surface area (Å²) in [6, 6.07) is 7.79. The Morgan fingerprint density at radius 1 is 1.36 bits per heavy atom. The van der Waals surface area contributed by atoms with Crippen LogP contribution in [0.25, 0.3) is 5.57 Å². The molecule has 0 atom stereocenters. The molecule has 0 bridgehead atoms. The van der Waals surface area contributed by atoms with Crippen LogP contribution in [0.15, 0.2) is 29.8 Å². The van der Waals surface area contributed by atoms with Crippen molar-refractivity contribution in [3.63, 3.8) is 0 Å². The minimum atomic E-state index is 0.251. The molecular weight excluding hydrogens is 298 g/mol. The lowest BCUT2D eigenvalue weighted by molar-refractivity contribution is 0.174.